The van der Waals surface area contributed by atoms with Gasteiger partial charge in [0.05, 0.1) is 17.9 Å². The predicted molar refractivity (Wildman–Crippen MR) is 91.3 cm³/mol. The maximum atomic E-state index is 14.2. The molecular formula is C18H17F5N2O3. The van der Waals surface area contributed by atoms with Gasteiger partial charge in [0, 0.05) is 6.42 Å². The van der Waals surface area contributed by atoms with E-state index in [2.05, 4.69) is 4.74 Å². The molecular weight excluding hydrogens is 387 g/mol. The first-order valence-corrected chi connectivity index (χ1v) is 8.14. The number of nitrogens with two attached hydrogens (primary N) is 1. The fourth-order valence-corrected chi connectivity index (χ4v) is 2.31. The van der Waals surface area contributed by atoms with Crippen LogP contribution in [0.15, 0.2) is 48.5 Å². The number of hydrogen-bond donors (Lipinski definition) is 1. The lowest BCUT2D eigenvalue weighted by Crippen LogP contribution is -2.27. The standard InChI is InChI=1S/C18H17F5N2O3/c19-16(25(23)15-5-2-1-4-14(15)17(24)26)6-3-11-27-12-7-9-13(10-8-12)28-18(20,21)22/h1-2,4-5,7-10,16H,3,6,11H2,(H2,24,26). The molecule has 2 aromatic carbocycles. The summed E-state index contributed by atoms with van der Waals surface area (Å²) in [6.07, 6.45) is -6.96. The summed E-state index contributed by atoms with van der Waals surface area (Å²) in [5, 5.41) is -0.177. The minimum Gasteiger partial charge on any atom is -0.494 e. The Bertz CT molecular complexity index is 784. The summed E-state index contributed by atoms with van der Waals surface area (Å²) < 4.78 is 73.5. The third-order valence-corrected chi connectivity index (χ3v) is 3.56. The lowest BCUT2D eigenvalue weighted by atomic mass is 10.1. The van der Waals surface area contributed by atoms with Crippen molar-refractivity contribution in [2.24, 2.45) is 5.73 Å². The lowest BCUT2D eigenvalue weighted by Gasteiger charge is -2.20. The molecule has 152 valence electrons. The first kappa shape index (κ1) is 21.3. The Hall–Kier alpha value is -3.04. The van der Waals surface area contributed by atoms with Crippen molar-refractivity contribution in [2.75, 3.05) is 11.7 Å². The summed E-state index contributed by atoms with van der Waals surface area (Å²) in [5.41, 5.74) is 4.71. The summed E-state index contributed by atoms with van der Waals surface area (Å²) in [6.45, 7) is 0.00516. The van der Waals surface area contributed by atoms with Gasteiger partial charge in [-0.1, -0.05) is 16.6 Å². The van der Waals surface area contributed by atoms with Gasteiger partial charge >= 0.3 is 6.36 Å². The van der Waals surface area contributed by atoms with Gasteiger partial charge in [-0.2, -0.15) is 5.12 Å². The number of ether oxygens (including phenoxy) is 2. The molecule has 0 aliphatic rings. The number of anilines is 1. The van der Waals surface area contributed by atoms with Gasteiger partial charge in [0.2, 0.25) is 6.30 Å². The van der Waals surface area contributed by atoms with Crippen LogP contribution in [0.5, 0.6) is 11.5 Å². The molecule has 10 heteroatoms. The van der Waals surface area contributed by atoms with Crippen molar-refractivity contribution in [1.82, 2.24) is 0 Å². The van der Waals surface area contributed by atoms with Crippen LogP contribution in [-0.2, 0) is 0 Å². The molecule has 0 aliphatic heterocycles. The van der Waals surface area contributed by atoms with Gasteiger partial charge < -0.3 is 15.2 Å². The summed E-state index contributed by atoms with van der Waals surface area (Å²) >= 11 is 0. The third-order valence-electron chi connectivity index (χ3n) is 3.56. The first-order valence-electron chi connectivity index (χ1n) is 8.14. The zero-order valence-electron chi connectivity index (χ0n) is 14.5. The minimum atomic E-state index is -4.79. The molecule has 0 aliphatic carbocycles. The Balaban J connectivity index is 1.81. The molecule has 0 saturated heterocycles. The molecule has 0 saturated carbocycles. The molecule has 2 N–H and O–H groups in total. The number of hydrogen-bond acceptors (Lipinski definition) is 4. The number of amides is 1. The summed E-state index contributed by atoms with van der Waals surface area (Å²) in [6, 6.07) is 10.1. The van der Waals surface area contributed by atoms with Crippen LogP contribution in [0, 0.1) is 0 Å². The van der Waals surface area contributed by atoms with E-state index in [4.69, 9.17) is 10.5 Å². The Kier molecular flexibility index (Phi) is 7.02. The number of rotatable bonds is 9. The van der Waals surface area contributed by atoms with Crippen LogP contribution in [0.2, 0.25) is 0 Å². The second-order valence-corrected chi connectivity index (χ2v) is 5.64. The fourth-order valence-electron chi connectivity index (χ4n) is 2.31. The van der Waals surface area contributed by atoms with Crippen molar-refractivity contribution >= 4 is 11.6 Å². The predicted octanol–water partition coefficient (Wildman–Crippen LogP) is 4.53. The summed E-state index contributed by atoms with van der Waals surface area (Å²) in [4.78, 5) is 11.3. The van der Waals surface area contributed by atoms with Crippen molar-refractivity contribution in [2.45, 2.75) is 25.5 Å². The van der Waals surface area contributed by atoms with Gasteiger partial charge in [0.1, 0.15) is 11.5 Å². The topological polar surface area (TPSA) is 64.8 Å². The highest BCUT2D eigenvalue weighted by molar-refractivity contribution is 5.98. The second-order valence-electron chi connectivity index (χ2n) is 5.64. The van der Waals surface area contributed by atoms with Crippen LogP contribution in [0.1, 0.15) is 23.2 Å². The molecule has 0 spiro atoms. The highest BCUT2D eigenvalue weighted by Crippen LogP contribution is 2.26. The van der Waals surface area contributed by atoms with Crippen molar-refractivity contribution < 1.29 is 36.3 Å². The number of carbonyl (C=O) groups is 1. The highest BCUT2D eigenvalue weighted by atomic mass is 19.4. The van der Waals surface area contributed by atoms with Gasteiger partial charge in [-0.15, -0.1) is 13.2 Å². The Labute approximate surface area is 157 Å². The molecule has 5 nitrogen and oxygen atoms in total. The van der Waals surface area contributed by atoms with E-state index in [0.717, 1.165) is 12.1 Å². The summed E-state index contributed by atoms with van der Waals surface area (Å²) in [5.74, 6) is -1.03. The first-order chi connectivity index (χ1) is 13.2. The van der Waals surface area contributed by atoms with Gasteiger partial charge in [-0.05, 0) is 42.8 Å². The van der Waals surface area contributed by atoms with Crippen LogP contribution in [0.25, 0.3) is 0 Å². The minimum absolute atomic E-state index is 0.00516. The van der Waals surface area contributed by atoms with Crippen molar-refractivity contribution in [1.29, 1.82) is 0 Å². The molecule has 1 unspecified atom stereocenters. The van der Waals surface area contributed by atoms with E-state index in [9.17, 15) is 26.8 Å². The maximum Gasteiger partial charge on any atom is 0.573 e. The zero-order valence-corrected chi connectivity index (χ0v) is 14.5. The van der Waals surface area contributed by atoms with Crippen molar-refractivity contribution in [3.63, 3.8) is 0 Å². The molecule has 1 atom stereocenters. The maximum absolute atomic E-state index is 14.2. The smallest absolute Gasteiger partial charge is 0.494 e. The molecule has 28 heavy (non-hydrogen) atoms. The second kappa shape index (κ2) is 9.25. The number of para-hydroxylation sites is 1. The van der Waals surface area contributed by atoms with Gasteiger partial charge in [-0.25, -0.2) is 4.39 Å². The number of benzene rings is 2. The van der Waals surface area contributed by atoms with Crippen LogP contribution < -0.4 is 20.3 Å². The van der Waals surface area contributed by atoms with Gasteiger partial charge in [-0.3, -0.25) is 4.79 Å². The lowest BCUT2D eigenvalue weighted by molar-refractivity contribution is -0.274. The normalized spacial score (nSPS) is 12.3. The molecule has 0 aromatic heterocycles. The number of carbonyl (C=O) groups excluding carboxylic acids is 1. The van der Waals surface area contributed by atoms with Gasteiger partial charge in [0.15, 0.2) is 0 Å². The molecule has 0 radical (unpaired) electrons. The van der Waals surface area contributed by atoms with E-state index >= 15 is 0 Å². The summed E-state index contributed by atoms with van der Waals surface area (Å²) in [7, 11) is 0. The molecule has 2 rings (SSSR count). The number of halogens is 5. The molecule has 0 fully saturated rings. The third kappa shape index (κ3) is 6.29. The molecule has 1 amide bonds. The Morgan fingerprint density at radius 1 is 1.07 bits per heavy atom. The van der Waals surface area contributed by atoms with E-state index < -0.39 is 24.3 Å². The van der Waals surface area contributed by atoms with E-state index in [1.807, 2.05) is 0 Å². The largest absolute Gasteiger partial charge is 0.573 e. The van der Waals surface area contributed by atoms with Gasteiger partial charge in [0.25, 0.3) is 5.91 Å². The van der Waals surface area contributed by atoms with E-state index in [-0.39, 0.29) is 41.6 Å². The van der Waals surface area contributed by atoms with E-state index in [1.165, 1.54) is 36.4 Å². The molecule has 2 aromatic rings. The molecule has 0 heterocycles. The average Bonchev–Trinajstić information content (AvgIpc) is 2.64. The van der Waals surface area contributed by atoms with Crippen LogP contribution in [-0.4, -0.2) is 25.2 Å². The monoisotopic (exact) mass is 404 g/mol. The van der Waals surface area contributed by atoms with Crippen LogP contribution in [0.4, 0.5) is 27.7 Å². The zero-order chi connectivity index (χ0) is 20.7. The SMILES string of the molecule is NC(=O)c1ccccc1N(F)C(F)CCCOc1ccc(OC(F)(F)F)cc1. The van der Waals surface area contributed by atoms with E-state index in [1.54, 1.807) is 0 Å². The number of nitrogens with zero attached hydrogens (tertiary/aromatic N) is 1. The quantitative estimate of drug-likeness (QED) is 0.289. The van der Waals surface area contributed by atoms with E-state index in [0.29, 0.717) is 0 Å². The van der Waals surface area contributed by atoms with Crippen molar-refractivity contribution in [3.8, 4) is 11.5 Å². The number of primary amides is 1. The number of alkyl halides is 4. The van der Waals surface area contributed by atoms with Crippen LogP contribution >= 0.6 is 0 Å². The highest BCUT2D eigenvalue weighted by Gasteiger charge is 2.31. The Morgan fingerprint density at radius 3 is 2.29 bits per heavy atom. The fraction of sp³-hybridized carbons (Fsp3) is 0.278. The average molecular weight is 404 g/mol. The Morgan fingerprint density at radius 2 is 1.68 bits per heavy atom. The van der Waals surface area contributed by atoms with Crippen molar-refractivity contribution in [3.05, 3.63) is 54.1 Å². The van der Waals surface area contributed by atoms with Crippen LogP contribution in [0.3, 0.4) is 0 Å². The molecule has 0 bridgehead atoms.